The summed E-state index contributed by atoms with van der Waals surface area (Å²) in [5, 5.41) is 2.10. The molecular formula is C12H7BrClFO2S. The summed E-state index contributed by atoms with van der Waals surface area (Å²) in [6.45, 7) is 0. The van der Waals surface area contributed by atoms with Crippen LogP contribution in [0.2, 0.25) is 5.02 Å². The van der Waals surface area contributed by atoms with Gasteiger partial charge >= 0.3 is 0 Å². The molecule has 0 aliphatic heterocycles. The van der Waals surface area contributed by atoms with E-state index in [1.165, 1.54) is 30.6 Å². The molecule has 0 saturated heterocycles. The van der Waals surface area contributed by atoms with E-state index in [1.54, 1.807) is 11.4 Å². The zero-order valence-corrected chi connectivity index (χ0v) is 12.3. The molecule has 1 heterocycles. The molecule has 0 bridgehead atoms. The first kappa shape index (κ1) is 13.5. The molecule has 0 aliphatic carbocycles. The predicted octanol–water partition coefficient (Wildman–Crippen LogP) is 4.54. The van der Waals surface area contributed by atoms with Gasteiger partial charge in [-0.05, 0) is 33.4 Å². The maximum Gasteiger partial charge on any atom is 0.208 e. The van der Waals surface area contributed by atoms with Gasteiger partial charge in [0.1, 0.15) is 11.6 Å². The van der Waals surface area contributed by atoms with E-state index in [1.807, 2.05) is 0 Å². The van der Waals surface area contributed by atoms with E-state index < -0.39 is 5.82 Å². The van der Waals surface area contributed by atoms with Gasteiger partial charge in [0.15, 0.2) is 0 Å². The van der Waals surface area contributed by atoms with E-state index in [9.17, 15) is 9.18 Å². The van der Waals surface area contributed by atoms with Crippen molar-refractivity contribution in [3.63, 3.8) is 0 Å². The highest BCUT2D eigenvalue weighted by Gasteiger charge is 2.20. The molecule has 0 fully saturated rings. The fourth-order valence-corrected chi connectivity index (χ4v) is 2.89. The second-order valence-electron chi connectivity index (χ2n) is 3.39. The van der Waals surface area contributed by atoms with Gasteiger partial charge in [-0.1, -0.05) is 11.6 Å². The Kier molecular flexibility index (Phi) is 4.04. The van der Waals surface area contributed by atoms with Gasteiger partial charge in [-0.15, -0.1) is 11.3 Å². The summed E-state index contributed by atoms with van der Waals surface area (Å²) in [5.41, 5.74) is 0.273. The Morgan fingerprint density at radius 2 is 2.22 bits per heavy atom. The Balaban J connectivity index is 2.54. The van der Waals surface area contributed by atoms with Crippen molar-refractivity contribution in [1.82, 2.24) is 0 Å². The molecule has 0 aliphatic rings. The van der Waals surface area contributed by atoms with E-state index in [0.717, 1.165) is 0 Å². The first-order valence-corrected chi connectivity index (χ1v) is 6.90. The third-order valence-electron chi connectivity index (χ3n) is 2.31. The van der Waals surface area contributed by atoms with Crippen LogP contribution in [0.3, 0.4) is 0 Å². The lowest BCUT2D eigenvalue weighted by Crippen LogP contribution is -2.03. The van der Waals surface area contributed by atoms with Gasteiger partial charge in [-0.3, -0.25) is 4.79 Å². The maximum atomic E-state index is 13.4. The van der Waals surface area contributed by atoms with E-state index in [2.05, 4.69) is 15.9 Å². The molecule has 0 N–H and O–H groups in total. The Morgan fingerprint density at radius 3 is 2.78 bits per heavy atom. The molecule has 1 aromatic heterocycles. The standard InChI is InChI=1S/C12H7BrClFO2S/c1-17-10-5-9(15)7(13)4-6(10)11(16)12-8(14)2-3-18-12/h2-5H,1H3. The van der Waals surface area contributed by atoms with Crippen LogP contribution in [0.15, 0.2) is 28.1 Å². The number of benzene rings is 1. The Morgan fingerprint density at radius 1 is 1.50 bits per heavy atom. The Bertz CT molecular complexity index is 612. The van der Waals surface area contributed by atoms with Crippen LogP contribution in [-0.4, -0.2) is 12.9 Å². The van der Waals surface area contributed by atoms with Gasteiger partial charge in [0.05, 0.1) is 27.0 Å². The second kappa shape index (κ2) is 5.38. The summed E-state index contributed by atoms with van der Waals surface area (Å²) in [6.07, 6.45) is 0. The number of carbonyl (C=O) groups is 1. The van der Waals surface area contributed by atoms with Gasteiger partial charge < -0.3 is 4.74 Å². The highest BCUT2D eigenvalue weighted by Crippen LogP contribution is 2.31. The summed E-state index contributed by atoms with van der Waals surface area (Å²) in [4.78, 5) is 12.7. The van der Waals surface area contributed by atoms with Crippen LogP contribution in [0.25, 0.3) is 0 Å². The van der Waals surface area contributed by atoms with E-state index in [0.29, 0.717) is 9.90 Å². The fraction of sp³-hybridized carbons (Fsp3) is 0.0833. The van der Waals surface area contributed by atoms with Crippen LogP contribution < -0.4 is 4.74 Å². The number of hydrogen-bond acceptors (Lipinski definition) is 3. The van der Waals surface area contributed by atoms with Crippen molar-refractivity contribution in [2.24, 2.45) is 0 Å². The van der Waals surface area contributed by atoms with E-state index >= 15 is 0 Å². The number of halogens is 3. The van der Waals surface area contributed by atoms with Crippen LogP contribution in [-0.2, 0) is 0 Å². The van der Waals surface area contributed by atoms with Crippen molar-refractivity contribution >= 4 is 44.7 Å². The molecule has 18 heavy (non-hydrogen) atoms. The highest BCUT2D eigenvalue weighted by molar-refractivity contribution is 9.10. The second-order valence-corrected chi connectivity index (χ2v) is 5.57. The van der Waals surface area contributed by atoms with Crippen LogP contribution in [0.1, 0.15) is 15.2 Å². The maximum absolute atomic E-state index is 13.4. The quantitative estimate of drug-likeness (QED) is 0.760. The normalized spacial score (nSPS) is 10.4. The third kappa shape index (κ3) is 2.43. The fourth-order valence-electron chi connectivity index (χ4n) is 1.45. The van der Waals surface area contributed by atoms with E-state index in [4.69, 9.17) is 16.3 Å². The lowest BCUT2D eigenvalue weighted by molar-refractivity contribution is 0.103. The smallest absolute Gasteiger partial charge is 0.208 e. The van der Waals surface area contributed by atoms with Crippen LogP contribution in [0.5, 0.6) is 5.75 Å². The Hall–Kier alpha value is -0.910. The van der Waals surface area contributed by atoms with Crippen molar-refractivity contribution < 1.29 is 13.9 Å². The molecule has 2 nitrogen and oxygen atoms in total. The molecule has 6 heteroatoms. The average Bonchev–Trinajstić information content (AvgIpc) is 2.77. The van der Waals surface area contributed by atoms with Gasteiger partial charge in [0.2, 0.25) is 5.78 Å². The minimum Gasteiger partial charge on any atom is -0.496 e. The van der Waals surface area contributed by atoms with Gasteiger partial charge in [0, 0.05) is 6.07 Å². The number of ether oxygens (including phenoxy) is 1. The van der Waals surface area contributed by atoms with Gasteiger partial charge in [-0.25, -0.2) is 4.39 Å². The molecule has 94 valence electrons. The van der Waals surface area contributed by atoms with E-state index in [-0.39, 0.29) is 21.6 Å². The van der Waals surface area contributed by atoms with Crippen LogP contribution in [0, 0.1) is 5.82 Å². The summed E-state index contributed by atoms with van der Waals surface area (Å²) >= 11 is 10.2. The van der Waals surface area contributed by atoms with Crippen molar-refractivity contribution in [2.45, 2.75) is 0 Å². The molecule has 0 unspecified atom stereocenters. The molecule has 1 aromatic carbocycles. The SMILES string of the molecule is COc1cc(F)c(Br)cc1C(=O)c1sccc1Cl. The molecule has 2 aromatic rings. The van der Waals surface area contributed by atoms with Crippen LogP contribution >= 0.6 is 38.9 Å². The zero-order valence-electron chi connectivity index (χ0n) is 9.17. The van der Waals surface area contributed by atoms with Crippen molar-refractivity contribution in [1.29, 1.82) is 0 Å². The summed E-state index contributed by atoms with van der Waals surface area (Å²) < 4.78 is 18.6. The van der Waals surface area contributed by atoms with Crippen LogP contribution in [0.4, 0.5) is 4.39 Å². The Labute approximate surface area is 120 Å². The number of methoxy groups -OCH3 is 1. The minimum atomic E-state index is -0.485. The number of carbonyl (C=O) groups excluding carboxylic acids is 1. The zero-order chi connectivity index (χ0) is 13.3. The van der Waals surface area contributed by atoms with Crippen molar-refractivity contribution in [2.75, 3.05) is 7.11 Å². The predicted molar refractivity (Wildman–Crippen MR) is 73.4 cm³/mol. The topological polar surface area (TPSA) is 26.3 Å². The highest BCUT2D eigenvalue weighted by atomic mass is 79.9. The molecule has 0 amide bonds. The van der Waals surface area contributed by atoms with Crippen molar-refractivity contribution in [3.8, 4) is 5.75 Å². The summed E-state index contributed by atoms with van der Waals surface area (Å²) in [5.74, 6) is -0.585. The summed E-state index contributed by atoms with van der Waals surface area (Å²) in [7, 11) is 1.38. The molecule has 0 radical (unpaired) electrons. The molecule has 0 atom stereocenters. The molecular weight excluding hydrogens is 343 g/mol. The monoisotopic (exact) mass is 348 g/mol. The largest absolute Gasteiger partial charge is 0.496 e. The van der Waals surface area contributed by atoms with Gasteiger partial charge in [-0.2, -0.15) is 0 Å². The lowest BCUT2D eigenvalue weighted by atomic mass is 10.1. The number of ketones is 1. The van der Waals surface area contributed by atoms with Crippen molar-refractivity contribution in [3.05, 3.63) is 49.3 Å². The first-order chi connectivity index (χ1) is 8.54. The molecule has 2 rings (SSSR count). The molecule has 0 saturated carbocycles. The number of thiophene rings is 1. The minimum absolute atomic E-state index is 0.185. The number of rotatable bonds is 3. The van der Waals surface area contributed by atoms with Gasteiger partial charge in [0.25, 0.3) is 0 Å². The average molecular weight is 350 g/mol. The first-order valence-electron chi connectivity index (χ1n) is 4.85. The lowest BCUT2D eigenvalue weighted by Gasteiger charge is -2.08. The number of hydrogen-bond donors (Lipinski definition) is 0. The third-order valence-corrected chi connectivity index (χ3v) is 4.26. The molecule has 0 spiro atoms. The summed E-state index contributed by atoms with van der Waals surface area (Å²) in [6, 6.07) is 4.20.